The van der Waals surface area contributed by atoms with Crippen molar-refractivity contribution < 1.29 is 4.79 Å². The molecule has 6 heterocycles. The molecule has 2 saturated heterocycles. The second kappa shape index (κ2) is 7.58. The van der Waals surface area contributed by atoms with Crippen LogP contribution < -0.4 is 4.90 Å². The third kappa shape index (κ3) is 3.19. The van der Waals surface area contributed by atoms with Crippen LogP contribution in [0.15, 0.2) is 36.8 Å². The van der Waals surface area contributed by atoms with Gasteiger partial charge >= 0.3 is 0 Å². The number of likely N-dealkylation sites (tertiary alicyclic amines) is 1. The van der Waals surface area contributed by atoms with Crippen LogP contribution in [0.25, 0.3) is 11.3 Å². The first-order valence-electron chi connectivity index (χ1n) is 11.4. The first kappa shape index (κ1) is 19.2. The van der Waals surface area contributed by atoms with Gasteiger partial charge in [-0.15, -0.1) is 0 Å². The molecule has 164 valence electrons. The van der Waals surface area contributed by atoms with Crippen LogP contribution >= 0.6 is 0 Å². The molecule has 2 aliphatic rings. The zero-order valence-electron chi connectivity index (χ0n) is 18.2. The smallest absolute Gasteiger partial charge is 0.275 e. The van der Waals surface area contributed by atoms with Gasteiger partial charge in [0.1, 0.15) is 5.82 Å². The van der Waals surface area contributed by atoms with Crippen molar-refractivity contribution in [2.45, 2.75) is 45.1 Å². The molecule has 2 aliphatic heterocycles. The third-order valence-electron chi connectivity index (χ3n) is 6.59. The van der Waals surface area contributed by atoms with E-state index < -0.39 is 0 Å². The summed E-state index contributed by atoms with van der Waals surface area (Å²) in [6, 6.07) is 5.53. The van der Waals surface area contributed by atoms with E-state index in [9.17, 15) is 4.79 Å². The molecule has 0 bridgehead atoms. The minimum absolute atomic E-state index is 0.0702. The minimum atomic E-state index is -0.0775. The number of rotatable bonds is 3. The zero-order chi connectivity index (χ0) is 21.7. The van der Waals surface area contributed by atoms with E-state index in [0.29, 0.717) is 17.9 Å². The summed E-state index contributed by atoms with van der Waals surface area (Å²) in [5.74, 6) is 0.981. The van der Waals surface area contributed by atoms with Crippen LogP contribution in [0.5, 0.6) is 0 Å². The van der Waals surface area contributed by atoms with Crippen LogP contribution in [0.2, 0.25) is 0 Å². The van der Waals surface area contributed by atoms with Crippen molar-refractivity contribution in [2.75, 3.05) is 24.5 Å². The topological polar surface area (TPSA) is 83.9 Å². The Bertz CT molecular complexity index is 1270. The second-order valence-electron chi connectivity index (χ2n) is 8.78. The first-order chi connectivity index (χ1) is 15.7. The Kier molecular flexibility index (Phi) is 4.55. The zero-order valence-corrected chi connectivity index (χ0v) is 18.2. The van der Waals surface area contributed by atoms with E-state index in [2.05, 4.69) is 28.1 Å². The number of aromatic nitrogens is 6. The molecule has 4 aromatic heterocycles. The molecule has 0 N–H and O–H groups in total. The Morgan fingerprint density at radius 3 is 2.69 bits per heavy atom. The third-order valence-corrected chi connectivity index (χ3v) is 6.59. The van der Waals surface area contributed by atoms with Crippen LogP contribution in [-0.4, -0.2) is 59.6 Å². The Labute approximate surface area is 185 Å². The quantitative estimate of drug-likeness (QED) is 0.497. The van der Waals surface area contributed by atoms with Gasteiger partial charge in [0, 0.05) is 55.9 Å². The Balaban J connectivity index is 1.34. The van der Waals surface area contributed by atoms with E-state index in [1.54, 1.807) is 29.0 Å². The maximum atomic E-state index is 13.4. The van der Waals surface area contributed by atoms with E-state index in [-0.39, 0.29) is 11.9 Å². The van der Waals surface area contributed by atoms with E-state index in [0.717, 1.165) is 55.1 Å². The lowest BCUT2D eigenvalue weighted by Gasteiger charge is -2.34. The molecule has 6 rings (SSSR count). The van der Waals surface area contributed by atoms with Gasteiger partial charge in [0.2, 0.25) is 0 Å². The number of carbonyl (C=O) groups is 1. The number of amides is 1. The number of carbonyl (C=O) groups excluding carboxylic acids is 1. The highest BCUT2D eigenvalue weighted by Gasteiger charge is 2.32. The number of aryl methyl sites for hydroxylation is 1. The summed E-state index contributed by atoms with van der Waals surface area (Å²) in [5.41, 5.74) is 3.95. The van der Waals surface area contributed by atoms with Crippen molar-refractivity contribution in [1.82, 2.24) is 34.1 Å². The number of fused-ring (bicyclic) bond motifs is 2. The predicted molar refractivity (Wildman–Crippen MR) is 120 cm³/mol. The summed E-state index contributed by atoms with van der Waals surface area (Å²) >= 11 is 0. The molecular formula is C23H26N8O. The van der Waals surface area contributed by atoms with Crippen molar-refractivity contribution in [3.8, 4) is 0 Å². The highest BCUT2D eigenvalue weighted by Crippen LogP contribution is 2.32. The van der Waals surface area contributed by atoms with Crippen molar-refractivity contribution in [3.05, 3.63) is 53.7 Å². The summed E-state index contributed by atoms with van der Waals surface area (Å²) in [6.45, 7) is 4.91. The molecule has 0 spiro atoms. The van der Waals surface area contributed by atoms with Gasteiger partial charge in [-0.1, -0.05) is 0 Å². The van der Waals surface area contributed by atoms with Crippen LogP contribution in [-0.2, 0) is 0 Å². The Hall–Kier alpha value is -3.49. The van der Waals surface area contributed by atoms with Crippen LogP contribution in [0, 0.1) is 6.92 Å². The summed E-state index contributed by atoms with van der Waals surface area (Å²) in [6.07, 6.45) is 10.9. The summed E-state index contributed by atoms with van der Waals surface area (Å²) in [5, 5.41) is 9.28. The number of nitrogens with zero attached hydrogens (tertiary/aromatic N) is 8. The summed E-state index contributed by atoms with van der Waals surface area (Å²) in [7, 11) is 0. The average Bonchev–Trinajstić information content (AvgIpc) is 3.56. The largest absolute Gasteiger partial charge is 0.356 e. The molecule has 0 radical (unpaired) electrons. The van der Waals surface area contributed by atoms with Gasteiger partial charge in [0.25, 0.3) is 5.91 Å². The fourth-order valence-electron chi connectivity index (χ4n) is 5.00. The fraction of sp³-hybridized carbons (Fsp3) is 0.435. The molecule has 9 heteroatoms. The van der Waals surface area contributed by atoms with Gasteiger partial charge in [-0.05, 0) is 45.1 Å². The molecule has 9 nitrogen and oxygen atoms in total. The van der Waals surface area contributed by atoms with E-state index in [1.165, 1.54) is 12.8 Å². The van der Waals surface area contributed by atoms with E-state index in [1.807, 2.05) is 15.5 Å². The summed E-state index contributed by atoms with van der Waals surface area (Å²) in [4.78, 5) is 26.9. The Morgan fingerprint density at radius 2 is 1.84 bits per heavy atom. The predicted octanol–water partition coefficient (Wildman–Crippen LogP) is 3.05. The van der Waals surface area contributed by atoms with Crippen LogP contribution in [0.3, 0.4) is 0 Å². The maximum Gasteiger partial charge on any atom is 0.275 e. The van der Waals surface area contributed by atoms with Gasteiger partial charge in [0.05, 0.1) is 11.7 Å². The monoisotopic (exact) mass is 430 g/mol. The van der Waals surface area contributed by atoms with Gasteiger partial charge < -0.3 is 9.80 Å². The number of anilines is 1. The molecule has 2 fully saturated rings. The second-order valence-corrected chi connectivity index (χ2v) is 8.78. The lowest BCUT2D eigenvalue weighted by molar-refractivity contribution is 0.0599. The molecule has 4 aromatic rings. The molecule has 0 aliphatic carbocycles. The molecule has 1 amide bonds. The number of hydrogen-bond acceptors (Lipinski definition) is 6. The van der Waals surface area contributed by atoms with Crippen molar-refractivity contribution in [2.24, 2.45) is 0 Å². The number of piperidine rings is 1. The lowest BCUT2D eigenvalue weighted by atomic mass is 9.99. The first-order valence-corrected chi connectivity index (χ1v) is 11.4. The standard InChI is InChI=1S/C23H26N8O/c1-16-15-31-21(25-22(16)28-9-4-5-10-28)13-17(26-31)19-7-2-3-11-29(19)23(32)18-14-20-24-8-6-12-30(20)27-18/h6,8,12-15,19H,2-5,7,9-11H2,1H3. The van der Waals surface area contributed by atoms with Crippen molar-refractivity contribution in [3.63, 3.8) is 0 Å². The van der Waals surface area contributed by atoms with E-state index in [4.69, 9.17) is 10.1 Å². The average molecular weight is 431 g/mol. The van der Waals surface area contributed by atoms with Crippen molar-refractivity contribution in [1.29, 1.82) is 0 Å². The molecule has 0 aromatic carbocycles. The Morgan fingerprint density at radius 1 is 1.00 bits per heavy atom. The van der Waals surface area contributed by atoms with Gasteiger partial charge in [-0.2, -0.15) is 10.2 Å². The maximum absolute atomic E-state index is 13.4. The normalized spacial score (nSPS) is 19.3. The van der Waals surface area contributed by atoms with Crippen LogP contribution in [0.1, 0.15) is 59.9 Å². The lowest BCUT2D eigenvalue weighted by Crippen LogP contribution is -2.39. The fourth-order valence-corrected chi connectivity index (χ4v) is 5.00. The van der Waals surface area contributed by atoms with Gasteiger partial charge in [0.15, 0.2) is 17.0 Å². The number of hydrogen-bond donors (Lipinski definition) is 0. The molecular weight excluding hydrogens is 404 g/mol. The molecule has 1 unspecified atom stereocenters. The SMILES string of the molecule is Cc1cn2nc(C3CCCCN3C(=O)c3cc4ncccn4n3)cc2nc1N1CCCC1. The highest BCUT2D eigenvalue weighted by molar-refractivity contribution is 5.93. The van der Waals surface area contributed by atoms with Crippen LogP contribution in [0.4, 0.5) is 5.82 Å². The van der Waals surface area contributed by atoms with Gasteiger partial charge in [-0.3, -0.25) is 4.79 Å². The summed E-state index contributed by atoms with van der Waals surface area (Å²) < 4.78 is 3.50. The molecule has 1 atom stereocenters. The van der Waals surface area contributed by atoms with E-state index >= 15 is 0 Å². The van der Waals surface area contributed by atoms with Gasteiger partial charge in [-0.25, -0.2) is 19.0 Å². The van der Waals surface area contributed by atoms with Crippen molar-refractivity contribution >= 4 is 23.0 Å². The minimum Gasteiger partial charge on any atom is -0.356 e. The highest BCUT2D eigenvalue weighted by atomic mass is 16.2. The molecule has 0 saturated carbocycles. The molecule has 32 heavy (non-hydrogen) atoms.